The summed E-state index contributed by atoms with van der Waals surface area (Å²) < 4.78 is 2.02. The molecule has 0 saturated heterocycles. The zero-order chi connectivity index (χ0) is 21.0. The van der Waals surface area contributed by atoms with Crippen LogP contribution in [0.4, 0.5) is 5.13 Å². The molecule has 2 aliphatic carbocycles. The topological polar surface area (TPSA) is 59.8 Å². The highest BCUT2D eigenvalue weighted by Gasteiger charge is 2.44. The van der Waals surface area contributed by atoms with Crippen molar-refractivity contribution in [1.82, 2.24) is 14.5 Å². The van der Waals surface area contributed by atoms with E-state index in [1.54, 1.807) is 0 Å². The van der Waals surface area contributed by atoms with Crippen LogP contribution < -0.4 is 5.32 Å². The van der Waals surface area contributed by atoms with E-state index in [9.17, 15) is 4.79 Å². The van der Waals surface area contributed by atoms with Gasteiger partial charge in [-0.2, -0.15) is 0 Å². The Morgan fingerprint density at radius 2 is 2.13 bits per heavy atom. The van der Waals surface area contributed by atoms with Crippen LogP contribution >= 0.6 is 11.3 Å². The Labute approximate surface area is 186 Å². The molecule has 3 atom stereocenters. The largest absolute Gasteiger partial charge is 0.344 e. The lowest BCUT2D eigenvalue weighted by molar-refractivity contribution is 0.101. The maximum Gasteiger partial charge on any atom is 0.274 e. The third kappa shape index (κ3) is 4.69. The summed E-state index contributed by atoms with van der Waals surface area (Å²) in [5, 5.41) is 5.80. The van der Waals surface area contributed by atoms with Gasteiger partial charge in [0, 0.05) is 36.4 Å². The molecule has 3 heterocycles. The molecule has 31 heavy (non-hydrogen) atoms. The van der Waals surface area contributed by atoms with Gasteiger partial charge < -0.3 is 4.57 Å². The van der Waals surface area contributed by atoms with Crippen LogP contribution in [0.3, 0.4) is 0 Å². The van der Waals surface area contributed by atoms with Crippen LogP contribution in [0.15, 0.2) is 72.5 Å². The second kappa shape index (κ2) is 9.02. The van der Waals surface area contributed by atoms with Crippen LogP contribution in [0.2, 0.25) is 0 Å². The third-order valence-corrected chi connectivity index (χ3v) is 6.98. The number of nitrogens with zero attached hydrogens (tertiary/aromatic N) is 3. The summed E-state index contributed by atoms with van der Waals surface area (Å²) in [5.74, 6) is 1.75. The van der Waals surface area contributed by atoms with Crippen molar-refractivity contribution in [3.05, 3.63) is 89.5 Å². The number of thiazole rings is 1. The van der Waals surface area contributed by atoms with Crippen molar-refractivity contribution >= 4 is 22.4 Å². The van der Waals surface area contributed by atoms with Crippen molar-refractivity contribution in [2.45, 2.75) is 38.1 Å². The smallest absolute Gasteiger partial charge is 0.274 e. The van der Waals surface area contributed by atoms with E-state index < -0.39 is 0 Å². The first kappa shape index (κ1) is 19.9. The zero-order valence-corrected chi connectivity index (χ0v) is 18.2. The van der Waals surface area contributed by atoms with Gasteiger partial charge in [-0.15, -0.1) is 11.3 Å². The van der Waals surface area contributed by atoms with Crippen LogP contribution in [0.5, 0.6) is 0 Å². The Balaban J connectivity index is 1.16. The summed E-state index contributed by atoms with van der Waals surface area (Å²) in [5.41, 5.74) is 3.07. The maximum absolute atomic E-state index is 12.8. The summed E-state index contributed by atoms with van der Waals surface area (Å²) in [7, 11) is 0. The number of allylic oxidation sites excluding steroid dienone is 4. The van der Waals surface area contributed by atoms with E-state index in [1.165, 1.54) is 23.3 Å². The predicted molar refractivity (Wildman–Crippen MR) is 124 cm³/mol. The molecule has 5 rings (SSSR count). The Morgan fingerprint density at radius 1 is 1.23 bits per heavy atom. The van der Waals surface area contributed by atoms with Gasteiger partial charge in [0.15, 0.2) is 5.13 Å². The number of aryl methyl sites for hydroxylation is 2. The maximum atomic E-state index is 12.8. The molecule has 5 nitrogen and oxygen atoms in total. The molecular weight excluding hydrogens is 404 g/mol. The minimum absolute atomic E-state index is 0.0949. The normalized spacial score (nSPS) is 21.9. The second-order valence-corrected chi connectivity index (χ2v) is 9.15. The number of carbonyl (C=O) groups excluding carboxylic acids is 1. The first-order chi connectivity index (χ1) is 15.3. The van der Waals surface area contributed by atoms with E-state index in [0.29, 0.717) is 28.6 Å². The lowest BCUT2D eigenvalue weighted by atomic mass is 9.94. The average molecular weight is 431 g/mol. The fourth-order valence-electron chi connectivity index (χ4n) is 4.44. The molecule has 0 aromatic carbocycles. The van der Waals surface area contributed by atoms with E-state index in [0.717, 1.165) is 31.5 Å². The molecule has 3 aromatic heterocycles. The Morgan fingerprint density at radius 3 is 2.97 bits per heavy atom. The first-order valence-electron chi connectivity index (χ1n) is 10.9. The molecule has 0 radical (unpaired) electrons. The number of rotatable bonds is 8. The first-order valence-corrected chi connectivity index (χ1v) is 11.8. The molecule has 0 bridgehead atoms. The lowest BCUT2D eigenvalue weighted by Crippen LogP contribution is -2.17. The highest BCUT2D eigenvalue weighted by molar-refractivity contribution is 7.14. The second-order valence-electron chi connectivity index (χ2n) is 8.30. The monoisotopic (exact) mass is 430 g/mol. The molecule has 1 fully saturated rings. The molecule has 0 aliphatic heterocycles. The van der Waals surface area contributed by atoms with E-state index in [4.69, 9.17) is 4.98 Å². The molecule has 0 spiro atoms. The highest BCUT2D eigenvalue weighted by atomic mass is 32.1. The number of anilines is 1. The summed E-state index contributed by atoms with van der Waals surface area (Å²) in [6.07, 6.45) is 18.7. The summed E-state index contributed by atoms with van der Waals surface area (Å²) in [6.45, 7) is 0.800. The minimum Gasteiger partial charge on any atom is -0.344 e. The third-order valence-electron chi connectivity index (χ3n) is 6.20. The van der Waals surface area contributed by atoms with Crippen molar-refractivity contribution in [3.8, 4) is 0 Å². The number of pyridine rings is 1. The number of carbonyl (C=O) groups is 1. The van der Waals surface area contributed by atoms with Crippen LogP contribution in [0.1, 0.15) is 46.9 Å². The Kier molecular flexibility index (Phi) is 5.80. The van der Waals surface area contributed by atoms with Gasteiger partial charge in [-0.05, 0) is 67.3 Å². The fourth-order valence-corrected chi connectivity index (χ4v) is 5.21. The molecule has 1 amide bonds. The van der Waals surface area contributed by atoms with Gasteiger partial charge in [-0.25, -0.2) is 4.98 Å². The summed E-state index contributed by atoms with van der Waals surface area (Å²) in [4.78, 5) is 21.6. The van der Waals surface area contributed by atoms with Gasteiger partial charge in [-0.1, -0.05) is 24.3 Å². The standard InChI is InChI=1S/C25H26N4OS/c30-24(23-9-5-15-29(23)14-4-6-18-10-12-26-13-11-18)28-25-27-22(17-31-25)21-16-20(21)19-7-2-1-3-8-19/h1-3,5,7,9-13,15,17,19-21H,4,6,8,14,16H2,(H,27,28,30)/t19?,20-,21+/m0/s1. The molecular formula is C25H26N4OS. The summed E-state index contributed by atoms with van der Waals surface area (Å²) in [6, 6.07) is 7.87. The molecule has 1 unspecified atom stereocenters. The number of nitrogens with one attached hydrogen (secondary N) is 1. The van der Waals surface area contributed by atoms with Crippen LogP contribution in [0, 0.1) is 11.8 Å². The van der Waals surface area contributed by atoms with Crippen molar-refractivity contribution in [2.75, 3.05) is 5.32 Å². The van der Waals surface area contributed by atoms with E-state index in [1.807, 2.05) is 47.4 Å². The van der Waals surface area contributed by atoms with Crippen molar-refractivity contribution in [2.24, 2.45) is 11.8 Å². The SMILES string of the molecule is O=C(Nc1nc([C@@H]2C[C@H]2C2C=CC=CC2)cs1)c1cccn1CCCc1ccncc1. The molecule has 3 aromatic rings. The van der Waals surface area contributed by atoms with Gasteiger partial charge in [0.05, 0.1) is 5.69 Å². The molecule has 2 aliphatic rings. The lowest BCUT2D eigenvalue weighted by Gasteiger charge is -2.11. The minimum atomic E-state index is -0.0949. The zero-order valence-electron chi connectivity index (χ0n) is 17.4. The fraction of sp³-hybridized carbons (Fsp3) is 0.320. The molecule has 6 heteroatoms. The molecule has 158 valence electrons. The van der Waals surface area contributed by atoms with Gasteiger partial charge in [0.25, 0.3) is 5.91 Å². The van der Waals surface area contributed by atoms with E-state index in [2.05, 4.69) is 40.0 Å². The van der Waals surface area contributed by atoms with Crippen LogP contribution in [-0.4, -0.2) is 20.4 Å². The Bertz CT molecular complexity index is 1100. The van der Waals surface area contributed by atoms with Crippen LogP contribution in [-0.2, 0) is 13.0 Å². The molecule has 1 saturated carbocycles. The number of amides is 1. The molecule has 1 N–H and O–H groups in total. The highest BCUT2D eigenvalue weighted by Crippen LogP contribution is 2.53. The van der Waals surface area contributed by atoms with E-state index in [-0.39, 0.29) is 5.91 Å². The van der Waals surface area contributed by atoms with Gasteiger partial charge >= 0.3 is 0 Å². The van der Waals surface area contributed by atoms with Gasteiger partial charge in [0.2, 0.25) is 0 Å². The quantitative estimate of drug-likeness (QED) is 0.516. The summed E-state index contributed by atoms with van der Waals surface area (Å²) >= 11 is 1.52. The van der Waals surface area contributed by atoms with Gasteiger partial charge in [0.1, 0.15) is 5.69 Å². The number of hydrogen-bond donors (Lipinski definition) is 1. The van der Waals surface area contributed by atoms with E-state index >= 15 is 0 Å². The number of hydrogen-bond acceptors (Lipinski definition) is 4. The Hall–Kier alpha value is -2.99. The van der Waals surface area contributed by atoms with Crippen LogP contribution in [0.25, 0.3) is 0 Å². The van der Waals surface area contributed by atoms with Crippen molar-refractivity contribution in [3.63, 3.8) is 0 Å². The van der Waals surface area contributed by atoms with Crippen molar-refractivity contribution in [1.29, 1.82) is 0 Å². The number of aromatic nitrogens is 3. The van der Waals surface area contributed by atoms with Gasteiger partial charge in [-0.3, -0.25) is 15.1 Å². The predicted octanol–water partition coefficient (Wildman–Crippen LogP) is 5.46. The van der Waals surface area contributed by atoms with Crippen molar-refractivity contribution < 1.29 is 4.79 Å². The average Bonchev–Trinajstić information content (AvgIpc) is 3.22.